The summed E-state index contributed by atoms with van der Waals surface area (Å²) in [5, 5.41) is 0. The van der Waals surface area contributed by atoms with E-state index in [4.69, 9.17) is 5.73 Å². The van der Waals surface area contributed by atoms with Gasteiger partial charge in [-0.1, -0.05) is 12.1 Å². The van der Waals surface area contributed by atoms with Gasteiger partial charge in [0.25, 0.3) is 0 Å². The van der Waals surface area contributed by atoms with Gasteiger partial charge in [-0.15, -0.1) is 24.8 Å². The maximum absolute atomic E-state index is 13.1. The van der Waals surface area contributed by atoms with Gasteiger partial charge in [-0.3, -0.25) is 14.7 Å². The van der Waals surface area contributed by atoms with Crippen LogP contribution in [0.15, 0.2) is 48.7 Å². The number of piperazine rings is 1. The number of carbonyl (C=O) groups is 1. The van der Waals surface area contributed by atoms with Gasteiger partial charge < -0.3 is 10.6 Å². The number of carbonyl (C=O) groups excluding carboxylic acids is 1. The van der Waals surface area contributed by atoms with E-state index >= 15 is 0 Å². The first kappa shape index (κ1) is 25.0. The Labute approximate surface area is 179 Å². The number of alkyl halides is 3. The van der Waals surface area contributed by atoms with E-state index in [0.29, 0.717) is 31.9 Å². The largest absolute Gasteiger partial charge is 0.416 e. The molecule has 2 heterocycles. The van der Waals surface area contributed by atoms with Gasteiger partial charge in [0.15, 0.2) is 0 Å². The van der Waals surface area contributed by atoms with Gasteiger partial charge in [0, 0.05) is 44.5 Å². The Morgan fingerprint density at radius 1 is 1.14 bits per heavy atom. The first-order valence-corrected chi connectivity index (χ1v) is 8.70. The molecule has 0 bridgehead atoms. The van der Waals surface area contributed by atoms with Gasteiger partial charge in [0.05, 0.1) is 17.3 Å². The third-order valence-electron chi connectivity index (χ3n) is 4.67. The summed E-state index contributed by atoms with van der Waals surface area (Å²) in [7, 11) is 0. The lowest BCUT2D eigenvalue weighted by atomic mass is 10.0. The summed E-state index contributed by atoms with van der Waals surface area (Å²) in [4.78, 5) is 19.5. The highest BCUT2D eigenvalue weighted by Crippen LogP contribution is 2.35. The number of hydrogen-bond acceptors (Lipinski definition) is 4. The average Bonchev–Trinajstić information content (AvgIpc) is 2.66. The molecule has 1 aliphatic rings. The van der Waals surface area contributed by atoms with Crippen LogP contribution in [0.25, 0.3) is 0 Å². The molecule has 29 heavy (non-hydrogen) atoms. The van der Waals surface area contributed by atoms with Crippen molar-refractivity contribution in [3.8, 4) is 0 Å². The number of halogens is 5. The van der Waals surface area contributed by atoms with Crippen LogP contribution in [0, 0.1) is 0 Å². The lowest BCUT2D eigenvalue weighted by Crippen LogP contribution is -2.49. The molecule has 1 aliphatic heterocycles. The first-order valence-electron chi connectivity index (χ1n) is 8.70. The van der Waals surface area contributed by atoms with Gasteiger partial charge in [0.2, 0.25) is 5.91 Å². The SMILES string of the molecule is Cl.Cl.NC(=O)CCN1CCN(c2cccc(C(F)(F)F)c2)C(c2ccccn2)C1. The second kappa shape index (κ2) is 10.7. The fourth-order valence-corrected chi connectivity index (χ4v) is 3.31. The van der Waals surface area contributed by atoms with E-state index in [2.05, 4.69) is 9.88 Å². The third-order valence-corrected chi connectivity index (χ3v) is 4.67. The number of pyridine rings is 1. The minimum atomic E-state index is -4.39. The van der Waals surface area contributed by atoms with Gasteiger partial charge in [-0.2, -0.15) is 13.2 Å². The fourth-order valence-electron chi connectivity index (χ4n) is 3.31. The molecule has 1 aromatic carbocycles. The van der Waals surface area contributed by atoms with Crippen LogP contribution < -0.4 is 10.6 Å². The number of rotatable bonds is 5. The molecule has 2 aromatic rings. The quantitative estimate of drug-likeness (QED) is 0.754. The standard InChI is InChI=1S/C19H21F3N4O.2ClH/c20-19(21,22)14-4-3-5-15(12-14)26-11-10-25(9-7-18(23)27)13-17(26)16-6-1-2-8-24-16;;/h1-6,8,12,17H,7,9-11,13H2,(H2,23,27);2*1H. The van der Waals surface area contributed by atoms with E-state index in [-0.39, 0.29) is 43.2 Å². The van der Waals surface area contributed by atoms with Crippen LogP contribution in [0.2, 0.25) is 0 Å². The smallest absolute Gasteiger partial charge is 0.370 e. The van der Waals surface area contributed by atoms with Gasteiger partial charge in [-0.25, -0.2) is 0 Å². The predicted octanol–water partition coefficient (Wildman–Crippen LogP) is 3.68. The molecule has 0 radical (unpaired) electrons. The fraction of sp³-hybridized carbons (Fsp3) is 0.368. The van der Waals surface area contributed by atoms with Crippen LogP contribution in [-0.4, -0.2) is 42.0 Å². The van der Waals surface area contributed by atoms with E-state index in [1.54, 1.807) is 18.3 Å². The van der Waals surface area contributed by atoms with Crippen molar-refractivity contribution in [3.63, 3.8) is 0 Å². The van der Waals surface area contributed by atoms with Crippen molar-refractivity contribution in [2.75, 3.05) is 31.1 Å². The Morgan fingerprint density at radius 2 is 1.90 bits per heavy atom. The number of nitrogens with two attached hydrogens (primary N) is 1. The van der Waals surface area contributed by atoms with Crippen LogP contribution in [0.5, 0.6) is 0 Å². The summed E-state index contributed by atoms with van der Waals surface area (Å²) in [6.45, 7) is 2.24. The Hall–Kier alpha value is -2.03. The van der Waals surface area contributed by atoms with Crippen LogP contribution in [-0.2, 0) is 11.0 Å². The van der Waals surface area contributed by atoms with Crippen molar-refractivity contribution in [1.29, 1.82) is 0 Å². The number of hydrogen-bond donors (Lipinski definition) is 1. The molecule has 10 heteroatoms. The van der Waals surface area contributed by atoms with Crippen LogP contribution in [0.1, 0.15) is 23.7 Å². The van der Waals surface area contributed by atoms with E-state index in [0.717, 1.165) is 11.8 Å². The summed E-state index contributed by atoms with van der Waals surface area (Å²) in [6.07, 6.45) is -2.47. The number of primary amides is 1. The summed E-state index contributed by atoms with van der Waals surface area (Å²) in [6, 6.07) is 10.7. The number of benzene rings is 1. The minimum Gasteiger partial charge on any atom is -0.370 e. The monoisotopic (exact) mass is 450 g/mol. The van der Waals surface area contributed by atoms with Crippen LogP contribution >= 0.6 is 24.8 Å². The zero-order valence-electron chi connectivity index (χ0n) is 15.5. The van der Waals surface area contributed by atoms with Crippen molar-refractivity contribution in [2.45, 2.75) is 18.6 Å². The van der Waals surface area contributed by atoms with E-state index in [1.807, 2.05) is 17.0 Å². The summed E-state index contributed by atoms with van der Waals surface area (Å²) in [5.41, 5.74) is 5.85. The molecular weight excluding hydrogens is 428 g/mol. The molecule has 3 rings (SSSR count). The lowest BCUT2D eigenvalue weighted by Gasteiger charge is -2.42. The predicted molar refractivity (Wildman–Crippen MR) is 111 cm³/mol. The summed E-state index contributed by atoms with van der Waals surface area (Å²) in [5.74, 6) is -0.371. The second-order valence-electron chi connectivity index (χ2n) is 6.53. The molecule has 0 spiro atoms. The highest BCUT2D eigenvalue weighted by atomic mass is 35.5. The Kier molecular flexibility index (Phi) is 9.19. The number of aromatic nitrogens is 1. The minimum absolute atomic E-state index is 0. The first-order chi connectivity index (χ1) is 12.8. The van der Waals surface area contributed by atoms with Crippen molar-refractivity contribution in [1.82, 2.24) is 9.88 Å². The molecule has 1 atom stereocenters. The number of amides is 1. The lowest BCUT2D eigenvalue weighted by molar-refractivity contribution is -0.137. The average molecular weight is 451 g/mol. The number of nitrogens with zero attached hydrogens (tertiary/aromatic N) is 3. The highest BCUT2D eigenvalue weighted by molar-refractivity contribution is 5.85. The van der Waals surface area contributed by atoms with E-state index in [1.165, 1.54) is 12.1 Å². The molecule has 160 valence electrons. The molecular formula is C19H23Cl2F3N4O. The molecule has 1 unspecified atom stereocenters. The maximum atomic E-state index is 13.1. The van der Waals surface area contributed by atoms with Gasteiger partial charge >= 0.3 is 6.18 Å². The zero-order chi connectivity index (χ0) is 19.4. The van der Waals surface area contributed by atoms with Gasteiger partial charge in [0.1, 0.15) is 0 Å². The maximum Gasteiger partial charge on any atom is 0.416 e. The van der Waals surface area contributed by atoms with Crippen molar-refractivity contribution in [3.05, 3.63) is 59.9 Å². The summed E-state index contributed by atoms with van der Waals surface area (Å²) >= 11 is 0. The molecule has 0 saturated carbocycles. The second-order valence-corrected chi connectivity index (χ2v) is 6.53. The molecule has 1 saturated heterocycles. The van der Waals surface area contributed by atoms with E-state index < -0.39 is 11.7 Å². The van der Waals surface area contributed by atoms with Crippen LogP contribution in [0.3, 0.4) is 0 Å². The number of anilines is 1. The topological polar surface area (TPSA) is 62.5 Å². The molecule has 1 fully saturated rings. The Bertz CT molecular complexity index is 793. The van der Waals surface area contributed by atoms with Gasteiger partial charge in [-0.05, 0) is 30.3 Å². The Balaban J connectivity index is 0.00000210. The normalized spacial score (nSPS) is 17.2. The molecule has 2 N–H and O–H groups in total. The molecule has 5 nitrogen and oxygen atoms in total. The van der Waals surface area contributed by atoms with Crippen molar-refractivity contribution < 1.29 is 18.0 Å². The molecule has 1 aromatic heterocycles. The highest BCUT2D eigenvalue weighted by Gasteiger charge is 2.33. The van der Waals surface area contributed by atoms with E-state index in [9.17, 15) is 18.0 Å². The van der Waals surface area contributed by atoms with Crippen molar-refractivity contribution in [2.24, 2.45) is 5.73 Å². The third kappa shape index (κ3) is 6.48. The zero-order valence-corrected chi connectivity index (χ0v) is 17.1. The van der Waals surface area contributed by atoms with Crippen molar-refractivity contribution >= 4 is 36.4 Å². The Morgan fingerprint density at radius 3 is 2.52 bits per heavy atom. The summed E-state index contributed by atoms with van der Waals surface area (Å²) < 4.78 is 39.3. The molecule has 1 amide bonds. The van der Waals surface area contributed by atoms with Crippen LogP contribution in [0.4, 0.5) is 18.9 Å². The molecule has 0 aliphatic carbocycles.